The number of anilines is 1. The Labute approximate surface area is 181 Å². The Kier molecular flexibility index (Phi) is 6.20. The monoisotopic (exact) mass is 422 g/mol. The van der Waals surface area contributed by atoms with E-state index in [1.54, 1.807) is 24.1 Å². The van der Waals surface area contributed by atoms with Crippen LogP contribution < -0.4 is 4.90 Å². The lowest BCUT2D eigenvalue weighted by Gasteiger charge is -2.36. The van der Waals surface area contributed by atoms with Crippen LogP contribution in [0.1, 0.15) is 23.2 Å². The van der Waals surface area contributed by atoms with Crippen molar-refractivity contribution in [1.82, 2.24) is 14.3 Å². The van der Waals surface area contributed by atoms with Crippen LogP contribution in [-0.4, -0.2) is 59.8 Å². The number of aromatic nitrogens is 2. The third-order valence-electron chi connectivity index (χ3n) is 5.68. The van der Waals surface area contributed by atoms with Crippen LogP contribution in [0.2, 0.25) is 0 Å². The highest BCUT2D eigenvalue weighted by Crippen LogP contribution is 2.32. The van der Waals surface area contributed by atoms with Gasteiger partial charge in [-0.25, -0.2) is 14.8 Å². The Morgan fingerprint density at radius 3 is 2.50 bits per heavy atom. The number of carbonyl (C=O) groups excluding carboxylic acids is 1. The standard InChI is InChI=1S/C23H26N4O2S/c1-26(30-3)18-11-13-27(14-12-18)22-21(16-7-5-4-6-8-16)24-19-10-9-17(23(28)29-2)15-20(19)25-22/h4-10,15,18H,11-14H2,1-3H3. The number of piperidine rings is 1. The zero-order valence-corrected chi connectivity index (χ0v) is 18.4. The number of methoxy groups -OCH3 is 1. The maximum atomic E-state index is 12.0. The van der Waals surface area contributed by atoms with Crippen molar-refractivity contribution in [2.45, 2.75) is 18.9 Å². The first-order valence-corrected chi connectivity index (χ1v) is 11.3. The number of carbonyl (C=O) groups is 1. The first kappa shape index (κ1) is 20.6. The number of hydrogen-bond donors (Lipinski definition) is 0. The van der Waals surface area contributed by atoms with Gasteiger partial charge in [-0.3, -0.25) is 4.31 Å². The van der Waals surface area contributed by atoms with Crippen LogP contribution in [0.25, 0.3) is 22.3 Å². The van der Waals surface area contributed by atoms with Gasteiger partial charge < -0.3 is 9.64 Å². The molecule has 1 aliphatic heterocycles. The molecule has 0 unspecified atom stereocenters. The van der Waals surface area contributed by atoms with Crippen molar-refractivity contribution in [1.29, 1.82) is 0 Å². The highest BCUT2D eigenvalue weighted by Gasteiger charge is 2.26. The van der Waals surface area contributed by atoms with Crippen LogP contribution in [0.3, 0.4) is 0 Å². The van der Waals surface area contributed by atoms with Gasteiger partial charge in [-0.05, 0) is 44.3 Å². The van der Waals surface area contributed by atoms with E-state index < -0.39 is 0 Å². The molecular weight excluding hydrogens is 396 g/mol. The lowest BCUT2D eigenvalue weighted by Crippen LogP contribution is -2.41. The molecule has 1 saturated heterocycles. The van der Waals surface area contributed by atoms with Gasteiger partial charge in [0.2, 0.25) is 0 Å². The summed E-state index contributed by atoms with van der Waals surface area (Å²) in [5, 5.41) is 0. The van der Waals surface area contributed by atoms with Crippen LogP contribution in [0.15, 0.2) is 48.5 Å². The molecular formula is C23H26N4O2S. The summed E-state index contributed by atoms with van der Waals surface area (Å²) in [4.78, 5) is 24.2. The van der Waals surface area contributed by atoms with E-state index in [0.717, 1.165) is 48.5 Å². The second-order valence-corrected chi connectivity index (χ2v) is 8.35. The zero-order valence-electron chi connectivity index (χ0n) is 17.5. The second-order valence-electron chi connectivity index (χ2n) is 7.40. The number of fused-ring (bicyclic) bond motifs is 1. The number of benzene rings is 2. The minimum Gasteiger partial charge on any atom is -0.465 e. The maximum Gasteiger partial charge on any atom is 0.337 e. The Morgan fingerprint density at radius 2 is 1.83 bits per heavy atom. The highest BCUT2D eigenvalue weighted by molar-refractivity contribution is 7.96. The molecule has 7 heteroatoms. The molecule has 0 radical (unpaired) electrons. The fraction of sp³-hybridized carbons (Fsp3) is 0.348. The number of esters is 1. The average Bonchev–Trinajstić information content (AvgIpc) is 2.82. The SMILES string of the molecule is COC(=O)c1ccc2nc(-c3ccccc3)c(N3CCC(N(C)SC)CC3)nc2c1. The third kappa shape index (κ3) is 4.13. The topological polar surface area (TPSA) is 58.6 Å². The van der Waals surface area contributed by atoms with Gasteiger partial charge >= 0.3 is 5.97 Å². The summed E-state index contributed by atoms with van der Waals surface area (Å²) in [5.41, 5.74) is 3.88. The van der Waals surface area contributed by atoms with Crippen molar-refractivity contribution < 1.29 is 9.53 Å². The quantitative estimate of drug-likeness (QED) is 0.450. The molecule has 1 aliphatic rings. The van der Waals surface area contributed by atoms with Crippen molar-refractivity contribution in [3.63, 3.8) is 0 Å². The van der Waals surface area contributed by atoms with E-state index in [4.69, 9.17) is 14.7 Å². The van der Waals surface area contributed by atoms with Gasteiger partial charge in [-0.2, -0.15) is 0 Å². The van der Waals surface area contributed by atoms with E-state index in [2.05, 4.69) is 34.6 Å². The van der Waals surface area contributed by atoms with E-state index in [-0.39, 0.29) is 5.97 Å². The maximum absolute atomic E-state index is 12.0. The lowest BCUT2D eigenvalue weighted by atomic mass is 10.0. The smallest absolute Gasteiger partial charge is 0.337 e. The van der Waals surface area contributed by atoms with Gasteiger partial charge in [-0.15, -0.1) is 0 Å². The van der Waals surface area contributed by atoms with E-state index >= 15 is 0 Å². The molecule has 0 saturated carbocycles. The molecule has 0 spiro atoms. The molecule has 4 rings (SSSR count). The number of nitrogens with zero attached hydrogens (tertiary/aromatic N) is 4. The Bertz CT molecular complexity index is 1040. The molecule has 1 fully saturated rings. The average molecular weight is 423 g/mol. The van der Waals surface area contributed by atoms with Crippen LogP contribution in [0.5, 0.6) is 0 Å². The number of ether oxygens (including phenoxy) is 1. The molecule has 2 aromatic carbocycles. The Morgan fingerprint density at radius 1 is 1.10 bits per heavy atom. The fourth-order valence-corrected chi connectivity index (χ4v) is 4.40. The summed E-state index contributed by atoms with van der Waals surface area (Å²) < 4.78 is 7.20. The number of hydrogen-bond acceptors (Lipinski definition) is 7. The zero-order chi connectivity index (χ0) is 21.1. The molecule has 0 N–H and O–H groups in total. The predicted molar refractivity (Wildman–Crippen MR) is 123 cm³/mol. The molecule has 6 nitrogen and oxygen atoms in total. The van der Waals surface area contributed by atoms with E-state index in [0.29, 0.717) is 17.1 Å². The molecule has 0 bridgehead atoms. The van der Waals surface area contributed by atoms with Crippen molar-refractivity contribution >= 4 is 34.8 Å². The minimum atomic E-state index is -0.367. The highest BCUT2D eigenvalue weighted by atomic mass is 32.2. The van der Waals surface area contributed by atoms with Crippen molar-refractivity contribution in [3.8, 4) is 11.3 Å². The van der Waals surface area contributed by atoms with Crippen LogP contribution in [-0.2, 0) is 4.74 Å². The fourth-order valence-electron chi connectivity index (χ4n) is 3.89. The summed E-state index contributed by atoms with van der Waals surface area (Å²) in [7, 11) is 3.54. The van der Waals surface area contributed by atoms with E-state index in [9.17, 15) is 4.79 Å². The minimum absolute atomic E-state index is 0.367. The molecule has 2 heterocycles. The summed E-state index contributed by atoms with van der Waals surface area (Å²) >= 11 is 1.78. The van der Waals surface area contributed by atoms with Gasteiger partial charge in [0, 0.05) is 24.7 Å². The molecule has 0 atom stereocenters. The summed E-state index contributed by atoms with van der Waals surface area (Å²) in [6.07, 6.45) is 4.27. The normalized spacial score (nSPS) is 15.0. The van der Waals surface area contributed by atoms with Crippen molar-refractivity contribution in [3.05, 3.63) is 54.1 Å². The van der Waals surface area contributed by atoms with Crippen molar-refractivity contribution in [2.75, 3.05) is 38.4 Å². The molecule has 0 amide bonds. The molecule has 156 valence electrons. The number of rotatable bonds is 5. The molecule has 30 heavy (non-hydrogen) atoms. The molecule has 3 aromatic rings. The van der Waals surface area contributed by atoms with Crippen LogP contribution >= 0.6 is 11.9 Å². The van der Waals surface area contributed by atoms with E-state index in [1.165, 1.54) is 7.11 Å². The Hall–Kier alpha value is -2.64. The van der Waals surface area contributed by atoms with Gasteiger partial charge in [0.05, 0.1) is 23.7 Å². The van der Waals surface area contributed by atoms with Crippen LogP contribution in [0.4, 0.5) is 5.82 Å². The van der Waals surface area contributed by atoms with Crippen molar-refractivity contribution in [2.24, 2.45) is 0 Å². The van der Waals surface area contributed by atoms with Gasteiger partial charge in [0.25, 0.3) is 0 Å². The summed E-state index contributed by atoms with van der Waals surface area (Å²) in [6, 6.07) is 16.1. The van der Waals surface area contributed by atoms with Gasteiger partial charge in [0.1, 0.15) is 5.69 Å². The van der Waals surface area contributed by atoms with Gasteiger partial charge in [0.15, 0.2) is 5.82 Å². The largest absolute Gasteiger partial charge is 0.465 e. The Balaban J connectivity index is 1.76. The van der Waals surface area contributed by atoms with Gasteiger partial charge in [-0.1, -0.05) is 42.3 Å². The predicted octanol–water partition coefficient (Wildman–Crippen LogP) is 4.26. The van der Waals surface area contributed by atoms with Crippen LogP contribution in [0, 0.1) is 0 Å². The second kappa shape index (κ2) is 9.02. The summed E-state index contributed by atoms with van der Waals surface area (Å²) in [6.45, 7) is 1.85. The third-order valence-corrected chi connectivity index (χ3v) is 6.55. The van der Waals surface area contributed by atoms with E-state index in [1.807, 2.05) is 24.3 Å². The molecule has 1 aromatic heterocycles. The first-order valence-electron chi connectivity index (χ1n) is 10.1. The molecule has 0 aliphatic carbocycles. The first-order chi connectivity index (χ1) is 14.6. The summed E-state index contributed by atoms with van der Waals surface area (Å²) in [5.74, 6) is 0.509. The lowest BCUT2D eigenvalue weighted by molar-refractivity contribution is 0.0601.